The Morgan fingerprint density at radius 1 is 1.12 bits per heavy atom. The smallest absolute Gasteiger partial charge is 0.326 e. The van der Waals surface area contributed by atoms with Crippen molar-refractivity contribution in [3.63, 3.8) is 0 Å². The molecule has 2 atom stereocenters. The summed E-state index contributed by atoms with van der Waals surface area (Å²) in [7, 11) is 0. The minimum Gasteiger partial charge on any atom is -0.755 e. The van der Waals surface area contributed by atoms with Crippen LogP contribution in [0.15, 0.2) is 79.0 Å². The summed E-state index contributed by atoms with van der Waals surface area (Å²) in [5, 5.41) is 19.6. The lowest BCUT2D eigenvalue weighted by Crippen LogP contribution is -2.19. The number of aliphatic hydroxyl groups is 1. The second-order valence-corrected chi connectivity index (χ2v) is 9.66. The minimum absolute atomic E-state index is 0.105. The van der Waals surface area contributed by atoms with Crippen LogP contribution in [-0.4, -0.2) is 46.8 Å². The Bertz CT molecular complexity index is 1750. The summed E-state index contributed by atoms with van der Waals surface area (Å²) >= 11 is -2.67. The van der Waals surface area contributed by atoms with Gasteiger partial charge in [0.05, 0.1) is 45.8 Å². The molecule has 0 spiro atoms. The Hall–Kier alpha value is -4.65. The number of ether oxygens (including phenoxy) is 1. The van der Waals surface area contributed by atoms with Gasteiger partial charge >= 0.3 is 5.97 Å². The minimum atomic E-state index is -2.67. The number of nitrogens with zero attached hydrogens (tertiary/aromatic N) is 4. The number of rotatable bonds is 9. The molecule has 0 aliphatic heterocycles. The van der Waals surface area contributed by atoms with Crippen LogP contribution in [0.1, 0.15) is 30.0 Å². The first-order valence-corrected chi connectivity index (χ1v) is 13.3. The van der Waals surface area contributed by atoms with Gasteiger partial charge in [0.2, 0.25) is 0 Å². The lowest BCUT2D eigenvalue weighted by molar-refractivity contribution is -0.143. The van der Waals surface area contributed by atoms with Gasteiger partial charge in [0.25, 0.3) is 0 Å². The SMILES string of the molecule is CCOC(=O)Cn1c(C(O)c2ccc(C(=N)N)cc2)nc2cc(N(c3ccc4ncccc4c3)S(=O)[O-])ccc21. The average molecular weight is 558 g/mol. The van der Waals surface area contributed by atoms with E-state index in [0.29, 0.717) is 33.5 Å². The Balaban J connectivity index is 1.60. The van der Waals surface area contributed by atoms with Gasteiger partial charge in [0.1, 0.15) is 24.3 Å². The van der Waals surface area contributed by atoms with Crippen LogP contribution in [0.25, 0.3) is 21.9 Å². The third-order valence-corrected chi connectivity index (χ3v) is 7.06. The van der Waals surface area contributed by atoms with Gasteiger partial charge in [-0.3, -0.25) is 23.7 Å². The Kier molecular flexibility index (Phi) is 7.56. The van der Waals surface area contributed by atoms with Crippen molar-refractivity contribution in [2.24, 2.45) is 5.73 Å². The molecule has 40 heavy (non-hydrogen) atoms. The average Bonchev–Trinajstić information content (AvgIpc) is 3.30. The number of carbonyl (C=O) groups is 1. The highest BCUT2D eigenvalue weighted by Crippen LogP contribution is 2.33. The van der Waals surface area contributed by atoms with Crippen LogP contribution >= 0.6 is 0 Å². The molecule has 11 nitrogen and oxygen atoms in total. The third kappa shape index (κ3) is 5.27. The topological polar surface area (TPSA) is 170 Å². The van der Waals surface area contributed by atoms with Crippen LogP contribution in [0.4, 0.5) is 11.4 Å². The van der Waals surface area contributed by atoms with Crippen molar-refractivity contribution in [2.45, 2.75) is 19.6 Å². The highest BCUT2D eigenvalue weighted by atomic mass is 32.2. The number of aromatic nitrogens is 3. The van der Waals surface area contributed by atoms with Crippen molar-refractivity contribution in [3.05, 3.63) is 95.9 Å². The normalized spacial score (nSPS) is 12.8. The van der Waals surface area contributed by atoms with Crippen molar-refractivity contribution in [2.75, 3.05) is 10.9 Å². The molecule has 2 heterocycles. The molecule has 0 radical (unpaired) electrons. The predicted octanol–water partition coefficient (Wildman–Crippen LogP) is 3.45. The Morgan fingerprint density at radius 3 is 2.55 bits per heavy atom. The molecule has 2 unspecified atom stereocenters. The zero-order valence-corrected chi connectivity index (χ0v) is 22.2. The first-order chi connectivity index (χ1) is 19.3. The fourth-order valence-electron chi connectivity index (χ4n) is 4.48. The summed E-state index contributed by atoms with van der Waals surface area (Å²) in [4.78, 5) is 21.3. The molecule has 12 heteroatoms. The number of fused-ring (bicyclic) bond motifs is 2. The second-order valence-electron chi connectivity index (χ2n) is 8.86. The van der Waals surface area contributed by atoms with E-state index in [1.54, 1.807) is 84.4 Å². The monoisotopic (exact) mass is 557 g/mol. The number of carbonyl (C=O) groups excluding carboxylic acids is 1. The molecule has 2 aromatic heterocycles. The molecule has 3 aromatic carbocycles. The van der Waals surface area contributed by atoms with Crippen LogP contribution in [-0.2, 0) is 27.3 Å². The van der Waals surface area contributed by atoms with Gasteiger partial charge in [-0.05, 0) is 55.0 Å². The van der Waals surface area contributed by atoms with Crippen LogP contribution in [0.2, 0.25) is 0 Å². The van der Waals surface area contributed by atoms with E-state index in [1.807, 2.05) is 6.07 Å². The molecular formula is C28H25N6O5S-. The van der Waals surface area contributed by atoms with E-state index in [0.717, 1.165) is 15.2 Å². The number of hydrogen-bond donors (Lipinski definition) is 3. The number of hydrogen-bond acceptors (Lipinski definition) is 8. The number of esters is 1. The maximum absolute atomic E-state index is 12.5. The second kappa shape index (κ2) is 11.2. The van der Waals surface area contributed by atoms with E-state index in [-0.39, 0.29) is 24.8 Å². The highest BCUT2D eigenvalue weighted by molar-refractivity contribution is 7.81. The molecule has 0 aliphatic carbocycles. The van der Waals surface area contributed by atoms with Crippen molar-refractivity contribution < 1.29 is 23.4 Å². The molecule has 5 aromatic rings. The fourth-order valence-corrected chi connectivity index (χ4v) is 5.05. The zero-order chi connectivity index (χ0) is 28.4. The van der Waals surface area contributed by atoms with Gasteiger partial charge in [-0.25, -0.2) is 4.98 Å². The van der Waals surface area contributed by atoms with Gasteiger partial charge < -0.3 is 24.7 Å². The summed E-state index contributed by atoms with van der Waals surface area (Å²) < 4.78 is 32.6. The molecule has 0 bridgehead atoms. The van der Waals surface area contributed by atoms with Crippen molar-refractivity contribution in [3.8, 4) is 0 Å². The van der Waals surface area contributed by atoms with E-state index in [2.05, 4.69) is 9.97 Å². The maximum atomic E-state index is 12.5. The van der Waals surface area contributed by atoms with Gasteiger partial charge in [-0.1, -0.05) is 30.3 Å². The molecular weight excluding hydrogens is 532 g/mol. The number of anilines is 2. The molecule has 5 rings (SSSR count). The Labute approximate surface area is 231 Å². The Morgan fingerprint density at radius 2 is 1.85 bits per heavy atom. The number of aliphatic hydroxyl groups excluding tert-OH is 1. The number of nitrogen functional groups attached to an aromatic ring is 1. The summed E-state index contributed by atoms with van der Waals surface area (Å²) in [6, 6.07) is 20.0. The largest absolute Gasteiger partial charge is 0.755 e. The summed E-state index contributed by atoms with van der Waals surface area (Å²) in [5.74, 6) is -0.452. The van der Waals surface area contributed by atoms with Crippen LogP contribution < -0.4 is 10.0 Å². The summed E-state index contributed by atoms with van der Waals surface area (Å²) in [5.41, 5.74) is 8.83. The molecule has 0 fully saturated rings. The van der Waals surface area contributed by atoms with E-state index in [9.17, 15) is 18.7 Å². The predicted molar refractivity (Wildman–Crippen MR) is 151 cm³/mol. The van der Waals surface area contributed by atoms with E-state index in [4.69, 9.17) is 15.9 Å². The number of nitrogens with one attached hydrogen (secondary N) is 1. The zero-order valence-electron chi connectivity index (χ0n) is 21.4. The van der Waals surface area contributed by atoms with E-state index < -0.39 is 23.3 Å². The molecule has 0 saturated heterocycles. The standard InChI is InChI=1S/C28H26N6O5S/c1-2-39-25(35)16-33-24-12-10-21(34(40(37)38)20-9-11-22-19(14-20)4-3-13-31-22)15-23(24)32-28(33)26(36)17-5-7-18(8-6-17)27(29)30/h3-15,26,36H,2,16H2,1H3,(H3,29,30)(H,37,38)/p-1. The quantitative estimate of drug-likeness (QED) is 0.107. The third-order valence-electron chi connectivity index (χ3n) is 6.34. The van der Waals surface area contributed by atoms with E-state index >= 15 is 0 Å². The molecule has 0 saturated carbocycles. The summed E-state index contributed by atoms with van der Waals surface area (Å²) in [6.45, 7) is 1.67. The molecule has 0 aliphatic rings. The first kappa shape index (κ1) is 26.9. The highest BCUT2D eigenvalue weighted by Gasteiger charge is 2.23. The van der Waals surface area contributed by atoms with Gasteiger partial charge in [-0.15, -0.1) is 0 Å². The van der Waals surface area contributed by atoms with Gasteiger partial charge in [-0.2, -0.15) is 0 Å². The number of nitrogens with two attached hydrogens (primary N) is 1. The van der Waals surface area contributed by atoms with Gasteiger partial charge in [0, 0.05) is 17.1 Å². The van der Waals surface area contributed by atoms with Crippen molar-refractivity contribution in [1.29, 1.82) is 5.41 Å². The number of benzene rings is 3. The molecule has 4 N–H and O–H groups in total. The summed E-state index contributed by atoms with van der Waals surface area (Å²) in [6.07, 6.45) is 0.430. The van der Waals surface area contributed by atoms with Crippen molar-refractivity contribution in [1.82, 2.24) is 14.5 Å². The van der Waals surface area contributed by atoms with Crippen LogP contribution in [0, 0.1) is 5.41 Å². The number of amidine groups is 1. The fraction of sp³-hybridized carbons (Fsp3) is 0.143. The number of imidazole rings is 1. The molecule has 204 valence electrons. The van der Waals surface area contributed by atoms with Crippen LogP contribution in [0.5, 0.6) is 0 Å². The lowest BCUT2D eigenvalue weighted by Gasteiger charge is -2.26. The lowest BCUT2D eigenvalue weighted by atomic mass is 10.1. The first-order valence-electron chi connectivity index (χ1n) is 12.3. The van der Waals surface area contributed by atoms with Gasteiger partial charge in [0.15, 0.2) is 0 Å². The van der Waals surface area contributed by atoms with E-state index in [1.165, 1.54) is 0 Å². The maximum Gasteiger partial charge on any atom is 0.326 e. The van der Waals surface area contributed by atoms with Crippen LogP contribution in [0.3, 0.4) is 0 Å². The molecule has 0 amide bonds. The number of pyridine rings is 1. The van der Waals surface area contributed by atoms with Crippen molar-refractivity contribution >= 4 is 56.4 Å².